The van der Waals surface area contributed by atoms with Gasteiger partial charge in [0.1, 0.15) is 5.75 Å². The van der Waals surface area contributed by atoms with Crippen molar-refractivity contribution in [1.82, 2.24) is 15.1 Å². The van der Waals surface area contributed by atoms with Gasteiger partial charge in [-0.05, 0) is 37.1 Å². The smallest absolute Gasteiger partial charge is 0.277 e. The Morgan fingerprint density at radius 3 is 2.12 bits per heavy atom. The molecule has 4 aromatic rings. The summed E-state index contributed by atoms with van der Waals surface area (Å²) in [6.45, 7) is 5.38. The fraction of sp³-hybridized carbons (Fsp3) is 0.222. The van der Waals surface area contributed by atoms with E-state index in [2.05, 4.69) is 10.2 Å². The Kier molecular flexibility index (Phi) is 7.99. The van der Waals surface area contributed by atoms with E-state index in [4.69, 9.17) is 9.15 Å². The van der Waals surface area contributed by atoms with Gasteiger partial charge in [0.2, 0.25) is 5.91 Å². The molecule has 0 radical (unpaired) electrons. The molecule has 0 aliphatic rings. The maximum atomic E-state index is 13.5. The topological polar surface area (TPSA) is 68.5 Å². The summed E-state index contributed by atoms with van der Waals surface area (Å²) in [5, 5.41) is 8.29. The number of carbonyl (C=O) groups excluding carboxylic acids is 1. The number of hydrogen-bond donors (Lipinski definition) is 0. The summed E-state index contributed by atoms with van der Waals surface area (Å²) in [5.74, 6) is 1.06. The minimum Gasteiger partial charge on any atom is -0.493 e. The summed E-state index contributed by atoms with van der Waals surface area (Å²) in [7, 11) is 0. The van der Waals surface area contributed by atoms with Crippen LogP contribution >= 0.6 is 11.8 Å². The summed E-state index contributed by atoms with van der Waals surface area (Å²) in [4.78, 5) is 15.3. The Morgan fingerprint density at radius 2 is 1.50 bits per heavy atom. The first-order chi connectivity index (χ1) is 16.6. The summed E-state index contributed by atoms with van der Waals surface area (Å²) < 4.78 is 11.6. The van der Waals surface area contributed by atoms with Crippen LogP contribution in [0.15, 0.2) is 94.6 Å². The van der Waals surface area contributed by atoms with Gasteiger partial charge in [0.05, 0.1) is 17.4 Å². The van der Waals surface area contributed by atoms with Gasteiger partial charge in [-0.2, -0.15) is 0 Å². The minimum absolute atomic E-state index is 0.00664. The lowest BCUT2D eigenvalue weighted by Crippen LogP contribution is -2.35. The van der Waals surface area contributed by atoms with Gasteiger partial charge in [0, 0.05) is 13.1 Å². The van der Waals surface area contributed by atoms with Crippen molar-refractivity contribution in [2.45, 2.75) is 37.4 Å². The van der Waals surface area contributed by atoms with E-state index in [0.717, 1.165) is 16.7 Å². The third kappa shape index (κ3) is 6.05. The van der Waals surface area contributed by atoms with Crippen LogP contribution in [-0.2, 0) is 17.9 Å². The first-order valence-corrected chi connectivity index (χ1v) is 12.1. The van der Waals surface area contributed by atoms with E-state index < -0.39 is 5.25 Å². The second-order valence-electron chi connectivity index (χ2n) is 7.73. The van der Waals surface area contributed by atoms with Crippen molar-refractivity contribution in [2.24, 2.45) is 0 Å². The van der Waals surface area contributed by atoms with Crippen molar-refractivity contribution >= 4 is 17.7 Å². The highest BCUT2D eigenvalue weighted by atomic mass is 32.2. The number of thioether (sulfide) groups is 1. The molecule has 0 N–H and O–H groups in total. The lowest BCUT2D eigenvalue weighted by molar-refractivity contribution is -0.131. The SMILES string of the molecule is CCOc1ccccc1-c1nnc(SC(C)C(=O)N(Cc2ccccc2)Cc2ccccc2)o1. The number of hydrogen-bond acceptors (Lipinski definition) is 6. The number of benzene rings is 3. The molecular formula is C27H27N3O3S. The van der Waals surface area contributed by atoms with Gasteiger partial charge in [0.25, 0.3) is 11.1 Å². The van der Waals surface area contributed by atoms with Gasteiger partial charge in [-0.15, -0.1) is 10.2 Å². The van der Waals surface area contributed by atoms with Gasteiger partial charge in [0.15, 0.2) is 0 Å². The van der Waals surface area contributed by atoms with Crippen molar-refractivity contribution in [2.75, 3.05) is 6.61 Å². The van der Waals surface area contributed by atoms with Gasteiger partial charge >= 0.3 is 0 Å². The standard InChI is InChI=1S/C27H27N3O3S/c1-3-32-24-17-11-10-16-23(24)25-28-29-27(33-25)34-20(2)26(31)30(18-21-12-6-4-7-13-21)19-22-14-8-5-9-15-22/h4-17,20H,3,18-19H2,1-2H3. The molecule has 1 unspecified atom stereocenters. The van der Waals surface area contributed by atoms with Crippen molar-refractivity contribution in [3.05, 3.63) is 96.1 Å². The molecule has 0 spiro atoms. The highest BCUT2D eigenvalue weighted by Crippen LogP contribution is 2.32. The number of carbonyl (C=O) groups is 1. The highest BCUT2D eigenvalue weighted by Gasteiger charge is 2.25. The lowest BCUT2D eigenvalue weighted by atomic mass is 10.1. The average Bonchev–Trinajstić information content (AvgIpc) is 3.33. The van der Waals surface area contributed by atoms with Gasteiger partial charge < -0.3 is 14.1 Å². The van der Waals surface area contributed by atoms with Crippen molar-refractivity contribution in [1.29, 1.82) is 0 Å². The molecule has 0 saturated heterocycles. The monoisotopic (exact) mass is 473 g/mol. The van der Waals surface area contributed by atoms with Crippen molar-refractivity contribution in [3.63, 3.8) is 0 Å². The second kappa shape index (κ2) is 11.5. The number of aromatic nitrogens is 2. The van der Waals surface area contributed by atoms with E-state index in [0.29, 0.717) is 36.6 Å². The Bertz CT molecular complexity index is 1160. The molecule has 4 rings (SSSR count). The van der Waals surface area contributed by atoms with Crippen LogP contribution in [-0.4, -0.2) is 32.9 Å². The molecule has 7 heteroatoms. The van der Waals surface area contributed by atoms with Gasteiger partial charge in [-0.3, -0.25) is 4.79 Å². The Labute approximate surface area is 204 Å². The molecule has 0 fully saturated rings. The molecule has 0 bridgehead atoms. The summed E-state index contributed by atoms with van der Waals surface area (Å²) in [5.41, 5.74) is 2.89. The number of para-hydroxylation sites is 1. The fourth-order valence-corrected chi connectivity index (χ4v) is 4.34. The second-order valence-corrected chi connectivity index (χ2v) is 9.02. The summed E-state index contributed by atoms with van der Waals surface area (Å²) in [6.07, 6.45) is 0. The minimum atomic E-state index is -0.400. The summed E-state index contributed by atoms with van der Waals surface area (Å²) in [6, 6.07) is 27.6. The van der Waals surface area contributed by atoms with Crippen molar-refractivity contribution in [3.8, 4) is 17.2 Å². The Balaban J connectivity index is 1.49. The number of nitrogens with zero attached hydrogens (tertiary/aromatic N) is 3. The van der Waals surface area contributed by atoms with Crippen LogP contribution in [0.4, 0.5) is 0 Å². The van der Waals surface area contributed by atoms with E-state index in [-0.39, 0.29) is 5.91 Å². The predicted octanol–water partition coefficient (Wildman–Crippen LogP) is 5.84. The molecule has 1 atom stereocenters. The van der Waals surface area contributed by atoms with Crippen LogP contribution in [0, 0.1) is 0 Å². The maximum Gasteiger partial charge on any atom is 0.277 e. The van der Waals surface area contributed by atoms with Crippen LogP contribution in [0.2, 0.25) is 0 Å². The molecule has 6 nitrogen and oxygen atoms in total. The predicted molar refractivity (Wildman–Crippen MR) is 133 cm³/mol. The zero-order chi connectivity index (χ0) is 23.8. The molecule has 0 saturated carbocycles. The quantitative estimate of drug-likeness (QED) is 0.269. The molecule has 174 valence electrons. The van der Waals surface area contributed by atoms with Crippen LogP contribution in [0.1, 0.15) is 25.0 Å². The molecule has 3 aromatic carbocycles. The number of ether oxygens (including phenoxy) is 1. The summed E-state index contributed by atoms with van der Waals surface area (Å²) >= 11 is 1.26. The number of rotatable bonds is 10. The number of amides is 1. The van der Waals surface area contributed by atoms with Crippen molar-refractivity contribution < 1.29 is 13.9 Å². The normalized spacial score (nSPS) is 11.7. The molecule has 1 aromatic heterocycles. The van der Waals surface area contributed by atoms with Crippen LogP contribution in [0.5, 0.6) is 5.75 Å². The zero-order valence-corrected chi connectivity index (χ0v) is 20.1. The van der Waals surface area contributed by atoms with E-state index in [1.54, 1.807) is 0 Å². The van der Waals surface area contributed by atoms with E-state index in [1.807, 2.05) is 104 Å². The molecule has 1 amide bonds. The first kappa shape index (κ1) is 23.6. The van der Waals surface area contributed by atoms with Crippen LogP contribution < -0.4 is 4.74 Å². The van der Waals surface area contributed by atoms with E-state index in [9.17, 15) is 4.79 Å². The molecule has 0 aliphatic heterocycles. The first-order valence-electron chi connectivity index (χ1n) is 11.2. The molecule has 34 heavy (non-hydrogen) atoms. The fourth-order valence-electron chi connectivity index (χ4n) is 3.57. The Hall–Kier alpha value is -3.58. The average molecular weight is 474 g/mol. The van der Waals surface area contributed by atoms with E-state index in [1.165, 1.54) is 11.8 Å². The maximum absolute atomic E-state index is 13.5. The van der Waals surface area contributed by atoms with Gasteiger partial charge in [-0.1, -0.05) is 84.6 Å². The third-order valence-electron chi connectivity index (χ3n) is 5.19. The highest BCUT2D eigenvalue weighted by molar-refractivity contribution is 8.00. The lowest BCUT2D eigenvalue weighted by Gasteiger charge is -2.25. The van der Waals surface area contributed by atoms with E-state index >= 15 is 0 Å². The van der Waals surface area contributed by atoms with Crippen LogP contribution in [0.25, 0.3) is 11.5 Å². The molecular weight excluding hydrogens is 446 g/mol. The molecule has 0 aliphatic carbocycles. The largest absolute Gasteiger partial charge is 0.493 e. The molecule has 1 heterocycles. The zero-order valence-electron chi connectivity index (χ0n) is 19.3. The Morgan fingerprint density at radius 1 is 0.912 bits per heavy atom. The third-order valence-corrected chi connectivity index (χ3v) is 6.12. The van der Waals surface area contributed by atoms with Gasteiger partial charge in [-0.25, -0.2) is 0 Å². The van der Waals surface area contributed by atoms with Crippen LogP contribution in [0.3, 0.4) is 0 Å².